The van der Waals surface area contributed by atoms with E-state index in [1.807, 2.05) is 13.0 Å². The van der Waals surface area contributed by atoms with Crippen molar-refractivity contribution >= 4 is 10.9 Å². The van der Waals surface area contributed by atoms with Gasteiger partial charge in [-0.25, -0.2) is 0 Å². The molecule has 0 unspecified atom stereocenters. The van der Waals surface area contributed by atoms with Crippen molar-refractivity contribution < 1.29 is 14.6 Å². The van der Waals surface area contributed by atoms with Crippen LogP contribution in [0.1, 0.15) is 5.56 Å². The normalized spacial score (nSPS) is 16.3. The monoisotopic (exact) mass is 261 g/mol. The third-order valence-corrected chi connectivity index (χ3v) is 3.33. The minimum absolute atomic E-state index is 0.116. The third-order valence-electron chi connectivity index (χ3n) is 3.33. The van der Waals surface area contributed by atoms with Crippen LogP contribution in [0.15, 0.2) is 29.1 Å². The molecule has 1 aliphatic rings. The Hall–Kier alpha value is -1.85. The molecule has 100 valence electrons. The maximum Gasteiger partial charge on any atom is 0.251 e. The Morgan fingerprint density at radius 2 is 2.05 bits per heavy atom. The second-order valence-corrected chi connectivity index (χ2v) is 4.65. The molecule has 0 spiro atoms. The highest BCUT2D eigenvalue weighted by Gasteiger charge is 2.18. The van der Waals surface area contributed by atoms with E-state index in [1.165, 1.54) is 0 Å². The molecular weight excluding hydrogens is 246 g/mol. The fourth-order valence-corrected chi connectivity index (χ4v) is 2.39. The number of phenols is 1. The quantitative estimate of drug-likeness (QED) is 0.887. The van der Waals surface area contributed by atoms with Crippen molar-refractivity contribution in [1.82, 2.24) is 4.57 Å². The predicted octanol–water partition coefficient (Wildman–Crippen LogP) is 1.39. The lowest BCUT2D eigenvalue weighted by atomic mass is 10.1. The summed E-state index contributed by atoms with van der Waals surface area (Å²) in [6, 6.07) is 6.62. The fourth-order valence-electron chi connectivity index (χ4n) is 2.39. The van der Waals surface area contributed by atoms with E-state index < -0.39 is 6.29 Å². The molecule has 1 aromatic heterocycles. The molecule has 1 aromatic carbocycles. The SMILES string of the molecule is Cc1cc(=O)n(CC2OCCO2)c2cc(O)ccc12. The Kier molecular flexibility index (Phi) is 3.00. The smallest absolute Gasteiger partial charge is 0.251 e. The van der Waals surface area contributed by atoms with Gasteiger partial charge in [-0.15, -0.1) is 0 Å². The molecule has 5 heteroatoms. The average molecular weight is 261 g/mol. The van der Waals surface area contributed by atoms with Gasteiger partial charge in [0.1, 0.15) is 5.75 Å². The van der Waals surface area contributed by atoms with Crippen molar-refractivity contribution in [1.29, 1.82) is 0 Å². The van der Waals surface area contributed by atoms with Gasteiger partial charge in [-0.05, 0) is 24.6 Å². The Balaban J connectivity index is 2.15. The zero-order chi connectivity index (χ0) is 13.4. The standard InChI is InChI=1S/C14H15NO4/c1-9-6-13(17)15(8-14-18-4-5-19-14)12-7-10(16)2-3-11(9)12/h2-3,6-7,14,16H,4-5,8H2,1H3. The number of phenolic OH excluding ortho intramolecular Hbond substituents is 1. The Bertz CT molecular complexity index is 671. The van der Waals surface area contributed by atoms with Crippen LogP contribution in [0, 0.1) is 6.92 Å². The molecule has 0 saturated carbocycles. The van der Waals surface area contributed by atoms with Crippen LogP contribution in [-0.4, -0.2) is 29.2 Å². The number of aryl methyl sites for hydroxylation is 1. The van der Waals surface area contributed by atoms with E-state index in [-0.39, 0.29) is 11.3 Å². The highest BCUT2D eigenvalue weighted by molar-refractivity contribution is 5.83. The Morgan fingerprint density at radius 3 is 2.79 bits per heavy atom. The number of benzene rings is 1. The van der Waals surface area contributed by atoms with Crippen LogP contribution in [0.4, 0.5) is 0 Å². The number of rotatable bonds is 2. The second kappa shape index (κ2) is 4.68. The molecule has 2 aromatic rings. The lowest BCUT2D eigenvalue weighted by Crippen LogP contribution is -2.27. The van der Waals surface area contributed by atoms with E-state index in [0.29, 0.717) is 25.3 Å². The summed E-state index contributed by atoms with van der Waals surface area (Å²) in [6.45, 7) is 3.32. The van der Waals surface area contributed by atoms with Crippen molar-refractivity contribution in [2.75, 3.05) is 13.2 Å². The van der Waals surface area contributed by atoms with Crippen LogP contribution < -0.4 is 5.56 Å². The number of hydrogen-bond donors (Lipinski definition) is 1. The third kappa shape index (κ3) is 2.22. The van der Waals surface area contributed by atoms with Crippen LogP contribution >= 0.6 is 0 Å². The summed E-state index contributed by atoms with van der Waals surface area (Å²) in [5.41, 5.74) is 1.48. The van der Waals surface area contributed by atoms with E-state index in [9.17, 15) is 9.90 Å². The number of fused-ring (bicyclic) bond motifs is 1. The first-order valence-electron chi connectivity index (χ1n) is 6.21. The minimum atomic E-state index is -0.397. The molecule has 19 heavy (non-hydrogen) atoms. The predicted molar refractivity (Wildman–Crippen MR) is 70.3 cm³/mol. The second-order valence-electron chi connectivity index (χ2n) is 4.65. The molecule has 3 rings (SSSR count). The van der Waals surface area contributed by atoms with Gasteiger partial charge in [-0.3, -0.25) is 4.79 Å². The van der Waals surface area contributed by atoms with Crippen LogP contribution in [0.3, 0.4) is 0 Å². The van der Waals surface area contributed by atoms with E-state index in [1.54, 1.807) is 22.8 Å². The molecular formula is C14H15NO4. The molecule has 0 atom stereocenters. The first-order valence-corrected chi connectivity index (χ1v) is 6.21. The van der Waals surface area contributed by atoms with Gasteiger partial charge in [0.15, 0.2) is 6.29 Å². The summed E-state index contributed by atoms with van der Waals surface area (Å²) >= 11 is 0. The summed E-state index contributed by atoms with van der Waals surface area (Å²) in [4.78, 5) is 12.1. The van der Waals surface area contributed by atoms with Crippen molar-refractivity contribution in [3.63, 3.8) is 0 Å². The summed E-state index contributed by atoms with van der Waals surface area (Å²) in [5.74, 6) is 0.138. The summed E-state index contributed by atoms with van der Waals surface area (Å²) in [7, 11) is 0. The van der Waals surface area contributed by atoms with E-state index in [0.717, 1.165) is 10.9 Å². The Morgan fingerprint density at radius 1 is 1.32 bits per heavy atom. The maximum absolute atomic E-state index is 12.1. The first kappa shape index (κ1) is 12.2. The number of hydrogen-bond acceptors (Lipinski definition) is 4. The van der Waals surface area contributed by atoms with Gasteiger partial charge in [0.2, 0.25) is 0 Å². The largest absolute Gasteiger partial charge is 0.508 e. The van der Waals surface area contributed by atoms with Crippen LogP contribution in [0.5, 0.6) is 5.75 Å². The number of aromatic hydroxyl groups is 1. The maximum atomic E-state index is 12.1. The minimum Gasteiger partial charge on any atom is -0.508 e. The molecule has 1 aliphatic heterocycles. The molecule has 0 aliphatic carbocycles. The van der Waals surface area contributed by atoms with Crippen LogP contribution in [0.2, 0.25) is 0 Å². The van der Waals surface area contributed by atoms with Gasteiger partial charge < -0.3 is 19.1 Å². The molecule has 0 amide bonds. The van der Waals surface area contributed by atoms with Crippen LogP contribution in [-0.2, 0) is 16.0 Å². The number of aromatic nitrogens is 1. The van der Waals surface area contributed by atoms with Gasteiger partial charge in [0.05, 0.1) is 25.3 Å². The number of ether oxygens (including phenoxy) is 2. The highest BCUT2D eigenvalue weighted by Crippen LogP contribution is 2.22. The lowest BCUT2D eigenvalue weighted by molar-refractivity contribution is -0.0522. The van der Waals surface area contributed by atoms with Gasteiger partial charge in [0, 0.05) is 17.5 Å². The average Bonchev–Trinajstić information content (AvgIpc) is 2.87. The molecule has 5 nitrogen and oxygen atoms in total. The number of pyridine rings is 1. The zero-order valence-corrected chi connectivity index (χ0v) is 10.6. The topological polar surface area (TPSA) is 60.7 Å². The van der Waals surface area contributed by atoms with Gasteiger partial charge in [0.25, 0.3) is 5.56 Å². The van der Waals surface area contributed by atoms with Crippen LogP contribution in [0.25, 0.3) is 10.9 Å². The molecule has 0 bridgehead atoms. The molecule has 1 N–H and O–H groups in total. The molecule has 0 radical (unpaired) electrons. The summed E-state index contributed by atoms with van der Waals surface area (Å²) in [6.07, 6.45) is -0.397. The van der Waals surface area contributed by atoms with E-state index in [2.05, 4.69) is 0 Å². The van der Waals surface area contributed by atoms with Gasteiger partial charge in [-0.1, -0.05) is 0 Å². The summed E-state index contributed by atoms with van der Waals surface area (Å²) in [5, 5.41) is 10.6. The van der Waals surface area contributed by atoms with Gasteiger partial charge in [-0.2, -0.15) is 0 Å². The molecule has 1 fully saturated rings. The highest BCUT2D eigenvalue weighted by atomic mass is 16.7. The first-order chi connectivity index (χ1) is 9.15. The van der Waals surface area contributed by atoms with E-state index in [4.69, 9.17) is 9.47 Å². The van der Waals surface area contributed by atoms with Crippen molar-refractivity contribution in [2.24, 2.45) is 0 Å². The van der Waals surface area contributed by atoms with Crippen molar-refractivity contribution in [3.05, 3.63) is 40.2 Å². The van der Waals surface area contributed by atoms with Crippen molar-refractivity contribution in [2.45, 2.75) is 19.8 Å². The Labute approximate surface area is 110 Å². The van der Waals surface area contributed by atoms with Gasteiger partial charge >= 0.3 is 0 Å². The zero-order valence-electron chi connectivity index (χ0n) is 10.6. The van der Waals surface area contributed by atoms with Crippen molar-refractivity contribution in [3.8, 4) is 5.75 Å². The lowest BCUT2D eigenvalue weighted by Gasteiger charge is -2.15. The molecule has 2 heterocycles. The fraction of sp³-hybridized carbons (Fsp3) is 0.357. The molecule has 1 saturated heterocycles. The number of nitrogens with zero attached hydrogens (tertiary/aromatic N) is 1. The summed E-state index contributed by atoms with van der Waals surface area (Å²) < 4.78 is 12.3. The van der Waals surface area contributed by atoms with E-state index >= 15 is 0 Å².